The van der Waals surface area contributed by atoms with Crippen LogP contribution < -0.4 is 15.5 Å². The molecule has 0 saturated carbocycles. The highest BCUT2D eigenvalue weighted by molar-refractivity contribution is 7.91. The van der Waals surface area contributed by atoms with E-state index in [0.717, 1.165) is 24.3 Å². The number of rotatable bonds is 7. The summed E-state index contributed by atoms with van der Waals surface area (Å²) in [6, 6.07) is 16.0. The Morgan fingerprint density at radius 2 is 1.68 bits per heavy atom. The van der Waals surface area contributed by atoms with Crippen molar-refractivity contribution in [2.45, 2.75) is 24.7 Å². The Hall–Kier alpha value is -3.46. The zero-order valence-corrected chi connectivity index (χ0v) is 17.9. The van der Waals surface area contributed by atoms with Crippen LogP contribution in [0, 0.1) is 0 Å². The summed E-state index contributed by atoms with van der Waals surface area (Å²) in [6.45, 7) is 2.38. The third-order valence-electron chi connectivity index (χ3n) is 5.04. The van der Waals surface area contributed by atoms with Gasteiger partial charge in [-0.1, -0.05) is 13.0 Å². The second-order valence-electron chi connectivity index (χ2n) is 7.17. The number of hydrogen-bond acceptors (Lipinski definition) is 7. The molecule has 31 heavy (non-hydrogen) atoms. The number of anilines is 5. The van der Waals surface area contributed by atoms with Gasteiger partial charge in [0.2, 0.25) is 5.91 Å². The normalized spacial score (nSPS) is 14.0. The first kappa shape index (κ1) is 20.8. The third-order valence-corrected chi connectivity index (χ3v) is 6.77. The summed E-state index contributed by atoms with van der Waals surface area (Å²) in [5.41, 5.74) is 2.34. The van der Waals surface area contributed by atoms with E-state index in [1.807, 2.05) is 24.3 Å². The fraction of sp³-hybridized carbons (Fsp3) is 0.227. The number of nitrogens with zero attached hydrogens (tertiary/aromatic N) is 3. The predicted molar refractivity (Wildman–Crippen MR) is 121 cm³/mol. The summed E-state index contributed by atoms with van der Waals surface area (Å²) >= 11 is 0. The van der Waals surface area contributed by atoms with Crippen molar-refractivity contribution in [2.24, 2.45) is 0 Å². The first-order valence-electron chi connectivity index (χ1n) is 10.0. The van der Waals surface area contributed by atoms with E-state index in [9.17, 15) is 13.2 Å². The Balaban J connectivity index is 1.47. The minimum atomic E-state index is -3.28. The number of aromatic nitrogens is 2. The van der Waals surface area contributed by atoms with Gasteiger partial charge in [-0.25, -0.2) is 18.4 Å². The Bertz CT molecular complexity index is 1200. The predicted octanol–water partition coefficient (Wildman–Crippen LogP) is 3.88. The molecule has 2 N–H and O–H groups in total. The molecule has 9 heteroatoms. The summed E-state index contributed by atoms with van der Waals surface area (Å²) in [6.07, 6.45) is 2.92. The fourth-order valence-corrected chi connectivity index (χ4v) is 4.30. The number of carbonyl (C=O) groups excluding carboxylic acids is 1. The van der Waals surface area contributed by atoms with Crippen LogP contribution in [0.4, 0.5) is 28.7 Å². The highest BCUT2D eigenvalue weighted by Crippen LogP contribution is 2.25. The van der Waals surface area contributed by atoms with Gasteiger partial charge in [0.05, 0.1) is 10.6 Å². The van der Waals surface area contributed by atoms with Gasteiger partial charge in [-0.05, 0) is 48.9 Å². The van der Waals surface area contributed by atoms with Crippen molar-refractivity contribution < 1.29 is 13.2 Å². The molecule has 0 aliphatic carbocycles. The van der Waals surface area contributed by atoms with E-state index in [2.05, 4.69) is 20.6 Å². The lowest BCUT2D eigenvalue weighted by molar-refractivity contribution is -0.117. The summed E-state index contributed by atoms with van der Waals surface area (Å²) in [7, 11) is -3.28. The zero-order chi connectivity index (χ0) is 21.8. The van der Waals surface area contributed by atoms with E-state index >= 15 is 0 Å². The van der Waals surface area contributed by atoms with Crippen molar-refractivity contribution in [3.8, 4) is 0 Å². The molecule has 0 spiro atoms. The second-order valence-corrected chi connectivity index (χ2v) is 9.44. The van der Waals surface area contributed by atoms with Gasteiger partial charge in [-0.2, -0.15) is 0 Å². The van der Waals surface area contributed by atoms with Crippen molar-refractivity contribution in [3.63, 3.8) is 0 Å². The lowest BCUT2D eigenvalue weighted by Crippen LogP contribution is -2.23. The smallest absolute Gasteiger partial charge is 0.227 e. The van der Waals surface area contributed by atoms with Crippen LogP contribution in [0.25, 0.3) is 0 Å². The molecule has 1 fully saturated rings. The maximum atomic E-state index is 12.1. The molecule has 0 bridgehead atoms. The molecule has 160 valence electrons. The van der Waals surface area contributed by atoms with Gasteiger partial charge in [-0.3, -0.25) is 4.79 Å². The molecule has 1 aliphatic heterocycles. The largest absolute Gasteiger partial charge is 0.340 e. The average Bonchev–Trinajstić information content (AvgIpc) is 3.20. The lowest BCUT2D eigenvalue weighted by Gasteiger charge is -2.16. The van der Waals surface area contributed by atoms with Crippen LogP contribution >= 0.6 is 0 Å². The van der Waals surface area contributed by atoms with Crippen molar-refractivity contribution >= 4 is 44.4 Å². The van der Waals surface area contributed by atoms with E-state index in [4.69, 9.17) is 0 Å². The van der Waals surface area contributed by atoms with Crippen molar-refractivity contribution in [1.29, 1.82) is 0 Å². The molecule has 2 heterocycles. The van der Waals surface area contributed by atoms with Gasteiger partial charge < -0.3 is 15.5 Å². The van der Waals surface area contributed by atoms with Gasteiger partial charge in [-0.15, -0.1) is 0 Å². The molecule has 0 atom stereocenters. The van der Waals surface area contributed by atoms with Crippen molar-refractivity contribution in [3.05, 3.63) is 60.9 Å². The first-order valence-corrected chi connectivity index (χ1v) is 11.7. The number of sulfone groups is 1. The van der Waals surface area contributed by atoms with Gasteiger partial charge in [0.1, 0.15) is 18.0 Å². The lowest BCUT2D eigenvalue weighted by atomic mass is 10.2. The summed E-state index contributed by atoms with van der Waals surface area (Å²) in [5, 5.41) is 6.33. The minimum Gasteiger partial charge on any atom is -0.340 e. The fourth-order valence-electron chi connectivity index (χ4n) is 3.37. The van der Waals surface area contributed by atoms with E-state index in [0.29, 0.717) is 23.7 Å². The van der Waals surface area contributed by atoms with E-state index < -0.39 is 9.84 Å². The van der Waals surface area contributed by atoms with Crippen molar-refractivity contribution in [1.82, 2.24) is 9.97 Å². The van der Waals surface area contributed by atoms with Crippen LogP contribution in [-0.2, 0) is 14.6 Å². The number of benzene rings is 2. The highest BCUT2D eigenvalue weighted by Gasteiger charge is 2.21. The molecule has 8 nitrogen and oxygen atoms in total. The third kappa shape index (κ3) is 4.83. The molecule has 1 amide bonds. The summed E-state index contributed by atoms with van der Waals surface area (Å²) < 4.78 is 24.2. The van der Waals surface area contributed by atoms with Crippen LogP contribution in [0.15, 0.2) is 65.8 Å². The Labute approximate surface area is 181 Å². The molecular weight excluding hydrogens is 414 g/mol. The highest BCUT2D eigenvalue weighted by atomic mass is 32.2. The van der Waals surface area contributed by atoms with E-state index in [1.54, 1.807) is 42.2 Å². The molecule has 1 saturated heterocycles. The number of carbonyl (C=O) groups is 1. The Morgan fingerprint density at radius 3 is 2.32 bits per heavy atom. The van der Waals surface area contributed by atoms with Crippen LogP contribution in [0.2, 0.25) is 0 Å². The quantitative estimate of drug-likeness (QED) is 0.578. The van der Waals surface area contributed by atoms with Crippen LogP contribution in [0.5, 0.6) is 0 Å². The topological polar surface area (TPSA) is 104 Å². The number of nitrogens with one attached hydrogen (secondary N) is 2. The zero-order valence-electron chi connectivity index (χ0n) is 17.1. The molecule has 1 aromatic heterocycles. The monoisotopic (exact) mass is 437 g/mol. The standard InChI is InChI=1S/C22H23N5O3S/c1-2-31(29,30)19-6-3-5-17(13-19)26-21-14-20(23-15-24-21)25-16-8-10-18(11-9-16)27-12-4-7-22(27)28/h3,5-6,8-11,13-15H,2,4,7,12H2,1H3,(H2,23,24,25,26). The SMILES string of the molecule is CCS(=O)(=O)c1cccc(Nc2cc(Nc3ccc(N4CCCC4=O)cc3)ncn2)c1. The average molecular weight is 438 g/mol. The Morgan fingerprint density at radius 1 is 0.968 bits per heavy atom. The van der Waals surface area contributed by atoms with Crippen LogP contribution in [0.3, 0.4) is 0 Å². The molecular formula is C22H23N5O3S. The van der Waals surface area contributed by atoms with Gasteiger partial charge in [0, 0.05) is 36.1 Å². The molecule has 1 aliphatic rings. The first-order chi connectivity index (χ1) is 14.9. The summed E-state index contributed by atoms with van der Waals surface area (Å²) in [5.74, 6) is 1.31. The summed E-state index contributed by atoms with van der Waals surface area (Å²) in [4.78, 5) is 22.4. The Kier molecular flexibility index (Phi) is 5.85. The number of hydrogen-bond donors (Lipinski definition) is 2. The molecule has 2 aromatic carbocycles. The minimum absolute atomic E-state index is 0.0444. The van der Waals surface area contributed by atoms with Gasteiger partial charge >= 0.3 is 0 Å². The van der Waals surface area contributed by atoms with Crippen LogP contribution in [0.1, 0.15) is 19.8 Å². The molecule has 0 unspecified atom stereocenters. The maximum absolute atomic E-state index is 12.1. The van der Waals surface area contributed by atoms with E-state index in [-0.39, 0.29) is 16.6 Å². The van der Waals surface area contributed by atoms with Gasteiger partial charge in [0.25, 0.3) is 0 Å². The molecule has 4 rings (SSSR count). The second kappa shape index (κ2) is 8.73. The molecule has 0 radical (unpaired) electrons. The number of amides is 1. The van der Waals surface area contributed by atoms with E-state index in [1.165, 1.54) is 6.33 Å². The molecule has 3 aromatic rings. The van der Waals surface area contributed by atoms with Crippen molar-refractivity contribution in [2.75, 3.05) is 27.8 Å². The van der Waals surface area contributed by atoms with Gasteiger partial charge in [0.15, 0.2) is 9.84 Å². The van der Waals surface area contributed by atoms with Crippen LogP contribution in [-0.4, -0.2) is 36.6 Å². The maximum Gasteiger partial charge on any atom is 0.227 e.